The highest BCUT2D eigenvalue weighted by Crippen LogP contribution is 2.22. The van der Waals surface area contributed by atoms with Gasteiger partial charge in [-0.25, -0.2) is 4.79 Å². The van der Waals surface area contributed by atoms with Gasteiger partial charge in [0, 0.05) is 12.0 Å². The van der Waals surface area contributed by atoms with Crippen molar-refractivity contribution in [2.24, 2.45) is 5.92 Å². The average Bonchev–Trinajstić information content (AvgIpc) is 2.35. The zero-order valence-electron chi connectivity index (χ0n) is 11.4. The van der Waals surface area contributed by atoms with Crippen LogP contribution < -0.4 is 0 Å². The molecule has 0 rings (SSSR count). The van der Waals surface area contributed by atoms with E-state index in [2.05, 4.69) is 18.2 Å². The number of carbonyl (C=O) groups is 1. The molecule has 0 aliphatic rings. The van der Waals surface area contributed by atoms with Crippen molar-refractivity contribution < 1.29 is 19.7 Å². The third kappa shape index (κ3) is 10.0. The van der Waals surface area contributed by atoms with Gasteiger partial charge in [0.15, 0.2) is 5.79 Å². The zero-order valence-corrected chi connectivity index (χ0v) is 11.4. The summed E-state index contributed by atoms with van der Waals surface area (Å²) >= 11 is 0. The Morgan fingerprint density at radius 1 is 1.47 bits per heavy atom. The van der Waals surface area contributed by atoms with Crippen molar-refractivity contribution in [3.05, 3.63) is 12.7 Å². The lowest BCUT2D eigenvalue weighted by molar-refractivity contribution is -0.199. The van der Waals surface area contributed by atoms with Crippen LogP contribution >= 0.6 is 0 Å². The van der Waals surface area contributed by atoms with Crippen molar-refractivity contribution in [2.75, 3.05) is 7.11 Å². The number of hydrogen-bond acceptors (Lipinski definition) is 4. The summed E-state index contributed by atoms with van der Waals surface area (Å²) in [6.45, 7) is 8.95. The summed E-state index contributed by atoms with van der Waals surface area (Å²) in [7, 11) is 1.31. The zero-order chi connectivity index (χ0) is 13.9. The Morgan fingerprint density at radius 3 is 2.24 bits per heavy atom. The minimum Gasteiger partial charge on any atom is -0.466 e. The number of methoxy groups -OCH3 is 1. The molecule has 102 valence electrons. The fraction of sp³-hybridized carbons (Fsp3) is 0.769. The summed E-state index contributed by atoms with van der Waals surface area (Å²) in [5, 5.41) is 18.7. The van der Waals surface area contributed by atoms with Gasteiger partial charge in [-0.15, -0.1) is 0 Å². The van der Waals surface area contributed by atoms with E-state index in [1.165, 1.54) is 7.11 Å². The number of aliphatic hydroxyl groups is 2. The molecular weight excluding hydrogens is 220 g/mol. The second-order valence-electron chi connectivity index (χ2n) is 4.00. The topological polar surface area (TPSA) is 66.8 Å². The van der Waals surface area contributed by atoms with Crippen molar-refractivity contribution in [3.63, 3.8) is 0 Å². The van der Waals surface area contributed by atoms with E-state index in [0.717, 1.165) is 25.3 Å². The van der Waals surface area contributed by atoms with Crippen LogP contribution in [0.3, 0.4) is 0 Å². The monoisotopic (exact) mass is 246 g/mol. The molecule has 0 aromatic heterocycles. The number of rotatable bonds is 6. The molecule has 4 nitrogen and oxygen atoms in total. The van der Waals surface area contributed by atoms with Crippen LogP contribution in [-0.2, 0) is 9.53 Å². The highest BCUT2D eigenvalue weighted by atomic mass is 16.5. The summed E-state index contributed by atoms with van der Waals surface area (Å²) in [5.74, 6) is -1.85. The van der Waals surface area contributed by atoms with E-state index < -0.39 is 11.8 Å². The van der Waals surface area contributed by atoms with E-state index >= 15 is 0 Å². The molecular formula is C13H26O4. The van der Waals surface area contributed by atoms with Crippen molar-refractivity contribution in [1.82, 2.24) is 0 Å². The maximum absolute atomic E-state index is 9.84. The van der Waals surface area contributed by atoms with Gasteiger partial charge in [0.2, 0.25) is 0 Å². The fourth-order valence-electron chi connectivity index (χ4n) is 1.17. The minimum atomic E-state index is -1.45. The van der Waals surface area contributed by atoms with Gasteiger partial charge in [0.25, 0.3) is 0 Å². The predicted molar refractivity (Wildman–Crippen MR) is 68.4 cm³/mol. The Morgan fingerprint density at radius 2 is 2.00 bits per heavy atom. The third-order valence-electron chi connectivity index (χ3n) is 2.67. The molecule has 2 N–H and O–H groups in total. The van der Waals surface area contributed by atoms with Crippen molar-refractivity contribution in [1.29, 1.82) is 0 Å². The maximum atomic E-state index is 9.84. The van der Waals surface area contributed by atoms with Gasteiger partial charge < -0.3 is 14.9 Å². The quantitative estimate of drug-likeness (QED) is 0.428. The summed E-state index contributed by atoms with van der Waals surface area (Å²) < 4.78 is 4.14. The van der Waals surface area contributed by atoms with E-state index in [0.29, 0.717) is 6.42 Å². The van der Waals surface area contributed by atoms with Crippen LogP contribution in [0.25, 0.3) is 0 Å². The SMILES string of the molecule is C=CC(=O)OC.CCCCC(C)C(O)(O)CC. The van der Waals surface area contributed by atoms with Crippen LogP contribution in [0.15, 0.2) is 12.7 Å². The summed E-state index contributed by atoms with van der Waals surface area (Å²) in [6, 6.07) is 0. The highest BCUT2D eigenvalue weighted by Gasteiger charge is 2.27. The molecule has 0 spiro atoms. The van der Waals surface area contributed by atoms with Crippen LogP contribution in [0, 0.1) is 5.92 Å². The average molecular weight is 246 g/mol. The van der Waals surface area contributed by atoms with Gasteiger partial charge in [-0.2, -0.15) is 0 Å². The second-order valence-corrected chi connectivity index (χ2v) is 4.00. The molecule has 1 atom stereocenters. The second kappa shape index (κ2) is 10.3. The Kier molecular flexibility index (Phi) is 11.2. The maximum Gasteiger partial charge on any atom is 0.329 e. The van der Waals surface area contributed by atoms with Crippen molar-refractivity contribution in [3.8, 4) is 0 Å². The third-order valence-corrected chi connectivity index (χ3v) is 2.67. The van der Waals surface area contributed by atoms with Crippen LogP contribution in [0.5, 0.6) is 0 Å². The van der Waals surface area contributed by atoms with Crippen LogP contribution in [0.2, 0.25) is 0 Å². The number of unbranched alkanes of at least 4 members (excludes halogenated alkanes) is 1. The number of esters is 1. The first-order valence-corrected chi connectivity index (χ1v) is 6.00. The lowest BCUT2D eigenvalue weighted by Gasteiger charge is -2.27. The van der Waals surface area contributed by atoms with E-state index in [9.17, 15) is 15.0 Å². The van der Waals surface area contributed by atoms with Gasteiger partial charge in [-0.3, -0.25) is 0 Å². The summed E-state index contributed by atoms with van der Waals surface area (Å²) in [6.07, 6.45) is 4.61. The Labute approximate surface area is 104 Å². The van der Waals surface area contributed by atoms with Gasteiger partial charge >= 0.3 is 5.97 Å². The largest absolute Gasteiger partial charge is 0.466 e. The normalized spacial score (nSPS) is 12.1. The molecule has 0 aliphatic heterocycles. The molecule has 0 aliphatic carbocycles. The molecule has 1 unspecified atom stereocenters. The Bertz CT molecular complexity index is 211. The van der Waals surface area contributed by atoms with E-state index in [4.69, 9.17) is 0 Å². The molecule has 0 amide bonds. The van der Waals surface area contributed by atoms with Crippen LogP contribution in [-0.4, -0.2) is 29.1 Å². The summed E-state index contributed by atoms with van der Waals surface area (Å²) in [4.78, 5) is 9.84. The van der Waals surface area contributed by atoms with Crippen molar-refractivity contribution >= 4 is 5.97 Å². The van der Waals surface area contributed by atoms with Gasteiger partial charge in [-0.1, -0.05) is 40.2 Å². The molecule has 0 radical (unpaired) electrons. The predicted octanol–water partition coefficient (Wildman–Crippen LogP) is 2.25. The molecule has 17 heavy (non-hydrogen) atoms. The molecule has 0 aromatic rings. The van der Waals surface area contributed by atoms with E-state index in [1.807, 2.05) is 6.92 Å². The number of hydrogen-bond donors (Lipinski definition) is 2. The Hall–Kier alpha value is -0.870. The summed E-state index contributed by atoms with van der Waals surface area (Å²) in [5.41, 5.74) is 0. The van der Waals surface area contributed by atoms with Crippen molar-refractivity contribution in [2.45, 2.75) is 52.2 Å². The lowest BCUT2D eigenvalue weighted by Crippen LogP contribution is -2.35. The fourth-order valence-corrected chi connectivity index (χ4v) is 1.17. The highest BCUT2D eigenvalue weighted by molar-refractivity contribution is 5.80. The molecule has 0 bridgehead atoms. The molecule has 4 heteroatoms. The Balaban J connectivity index is 0. The molecule has 0 aromatic carbocycles. The van der Waals surface area contributed by atoms with Crippen LogP contribution in [0.1, 0.15) is 46.5 Å². The minimum absolute atomic E-state index is 0.00699. The first-order valence-electron chi connectivity index (χ1n) is 6.00. The molecule has 0 fully saturated rings. The first kappa shape index (κ1) is 18.5. The number of carbonyl (C=O) groups excluding carboxylic acids is 1. The van der Waals surface area contributed by atoms with Gasteiger partial charge in [0.1, 0.15) is 0 Å². The number of ether oxygens (including phenoxy) is 1. The van der Waals surface area contributed by atoms with Crippen LogP contribution in [0.4, 0.5) is 0 Å². The standard InChI is InChI=1S/C9H20O2.C4H6O2/c1-4-6-7-8(3)9(10,11)5-2;1-3-4(5)6-2/h8,10-11H,4-7H2,1-3H3;3H,1H2,2H3. The molecule has 0 saturated heterocycles. The smallest absolute Gasteiger partial charge is 0.329 e. The molecule has 0 saturated carbocycles. The molecule has 0 heterocycles. The van der Waals surface area contributed by atoms with E-state index in [1.54, 1.807) is 6.92 Å². The van der Waals surface area contributed by atoms with Gasteiger partial charge in [0.05, 0.1) is 7.11 Å². The first-order chi connectivity index (χ1) is 7.85. The van der Waals surface area contributed by atoms with E-state index in [-0.39, 0.29) is 5.92 Å². The van der Waals surface area contributed by atoms with Gasteiger partial charge in [-0.05, 0) is 12.8 Å². The lowest BCUT2D eigenvalue weighted by atomic mass is 9.93.